The van der Waals surface area contributed by atoms with Gasteiger partial charge in [-0.05, 0) is 32.2 Å². The lowest BCUT2D eigenvalue weighted by Crippen LogP contribution is -2.41. The first kappa shape index (κ1) is 14.4. The highest BCUT2D eigenvalue weighted by Crippen LogP contribution is 2.17. The molecule has 0 bridgehead atoms. The number of amides is 1. The maximum absolute atomic E-state index is 11.9. The van der Waals surface area contributed by atoms with Crippen LogP contribution in [-0.4, -0.2) is 54.4 Å². The van der Waals surface area contributed by atoms with Crippen LogP contribution in [0.1, 0.15) is 17.8 Å². The number of hydrogen-bond acceptors (Lipinski definition) is 6. The van der Waals surface area contributed by atoms with Gasteiger partial charge in [0.2, 0.25) is 11.0 Å². The van der Waals surface area contributed by atoms with Crippen LogP contribution in [0.15, 0.2) is 0 Å². The highest BCUT2D eigenvalue weighted by atomic mass is 32.1. The van der Waals surface area contributed by atoms with E-state index in [1.807, 2.05) is 6.92 Å². The van der Waals surface area contributed by atoms with Crippen molar-refractivity contribution in [1.29, 1.82) is 0 Å². The highest BCUT2D eigenvalue weighted by molar-refractivity contribution is 7.15. The summed E-state index contributed by atoms with van der Waals surface area (Å²) in [5.74, 6) is 0.518. The molecule has 1 saturated heterocycles. The molecule has 0 radical (unpaired) electrons. The number of nitrogens with zero attached hydrogens (tertiary/aromatic N) is 3. The number of ether oxygens (including phenoxy) is 1. The molecular weight excluding hydrogens is 264 g/mol. The van der Waals surface area contributed by atoms with Crippen LogP contribution >= 0.6 is 11.3 Å². The van der Waals surface area contributed by atoms with Gasteiger partial charge in [-0.3, -0.25) is 15.0 Å². The summed E-state index contributed by atoms with van der Waals surface area (Å²) in [6.45, 7) is 4.96. The van der Waals surface area contributed by atoms with Gasteiger partial charge in [-0.2, -0.15) is 0 Å². The van der Waals surface area contributed by atoms with Crippen molar-refractivity contribution in [3.63, 3.8) is 0 Å². The number of hydrogen-bond donors (Lipinski definition) is 1. The van der Waals surface area contributed by atoms with Gasteiger partial charge < -0.3 is 4.74 Å². The molecule has 1 aromatic rings. The highest BCUT2D eigenvalue weighted by Gasteiger charge is 2.21. The predicted octanol–water partition coefficient (Wildman–Crippen LogP) is 1.14. The van der Waals surface area contributed by atoms with E-state index >= 15 is 0 Å². The fraction of sp³-hybridized carbons (Fsp3) is 0.750. The van der Waals surface area contributed by atoms with Crippen molar-refractivity contribution in [3.8, 4) is 0 Å². The molecule has 19 heavy (non-hydrogen) atoms. The van der Waals surface area contributed by atoms with Crippen LogP contribution in [0, 0.1) is 12.8 Å². The van der Waals surface area contributed by atoms with Crippen molar-refractivity contribution in [2.75, 3.05) is 38.7 Å². The minimum atomic E-state index is -0.0192. The summed E-state index contributed by atoms with van der Waals surface area (Å²) >= 11 is 1.39. The molecule has 7 heteroatoms. The van der Waals surface area contributed by atoms with Crippen molar-refractivity contribution in [3.05, 3.63) is 5.01 Å². The quantitative estimate of drug-likeness (QED) is 0.878. The van der Waals surface area contributed by atoms with E-state index in [1.165, 1.54) is 17.8 Å². The minimum absolute atomic E-state index is 0.0192. The van der Waals surface area contributed by atoms with Gasteiger partial charge in [0, 0.05) is 13.7 Å². The smallest absolute Gasteiger partial charge is 0.240 e. The van der Waals surface area contributed by atoms with Crippen LogP contribution in [0.25, 0.3) is 0 Å². The first-order valence-corrected chi connectivity index (χ1v) is 7.30. The number of anilines is 1. The van der Waals surface area contributed by atoms with Crippen LogP contribution in [0.4, 0.5) is 5.13 Å². The van der Waals surface area contributed by atoms with Crippen molar-refractivity contribution in [1.82, 2.24) is 15.1 Å². The average molecular weight is 284 g/mol. The molecule has 6 nitrogen and oxygen atoms in total. The molecule has 0 spiro atoms. The normalized spacial score (nSPS) is 20.4. The third-order valence-corrected chi connectivity index (χ3v) is 3.90. The van der Waals surface area contributed by atoms with E-state index in [2.05, 4.69) is 20.4 Å². The Morgan fingerprint density at radius 1 is 1.58 bits per heavy atom. The van der Waals surface area contributed by atoms with E-state index in [0.717, 1.165) is 31.1 Å². The molecule has 1 unspecified atom stereocenters. The molecule has 106 valence electrons. The number of carbonyl (C=O) groups is 1. The predicted molar refractivity (Wildman–Crippen MR) is 74.3 cm³/mol. The Morgan fingerprint density at radius 3 is 3.11 bits per heavy atom. The zero-order valence-electron chi connectivity index (χ0n) is 11.4. The van der Waals surface area contributed by atoms with Crippen molar-refractivity contribution in [2.24, 2.45) is 5.92 Å². The standard InChI is InChI=1S/C12H20N4O2S/c1-9-14-15-12(19-9)13-11(17)7-16-5-3-4-10(6-16)8-18-2/h10H,3-8H2,1-2H3,(H,13,15,17). The molecule has 1 aromatic heterocycles. The molecule has 1 aliphatic rings. The molecule has 1 atom stereocenters. The number of methoxy groups -OCH3 is 1. The third kappa shape index (κ3) is 4.52. The van der Waals surface area contributed by atoms with Crippen LogP contribution in [0.2, 0.25) is 0 Å². The second-order valence-electron chi connectivity index (χ2n) is 4.87. The van der Waals surface area contributed by atoms with Crippen LogP contribution in [-0.2, 0) is 9.53 Å². The monoisotopic (exact) mass is 284 g/mol. The van der Waals surface area contributed by atoms with Gasteiger partial charge in [-0.15, -0.1) is 10.2 Å². The molecule has 2 rings (SSSR count). The van der Waals surface area contributed by atoms with E-state index in [0.29, 0.717) is 17.6 Å². The Bertz CT molecular complexity index is 422. The fourth-order valence-corrected chi connectivity index (χ4v) is 2.98. The van der Waals surface area contributed by atoms with Gasteiger partial charge in [0.05, 0.1) is 13.2 Å². The number of piperidine rings is 1. The average Bonchev–Trinajstić information content (AvgIpc) is 2.75. The Morgan fingerprint density at radius 2 is 2.42 bits per heavy atom. The van der Waals surface area contributed by atoms with Gasteiger partial charge in [0.15, 0.2) is 0 Å². The number of aromatic nitrogens is 2. The maximum Gasteiger partial charge on any atom is 0.240 e. The number of likely N-dealkylation sites (tertiary alicyclic amines) is 1. The Hall–Kier alpha value is -1.05. The fourth-order valence-electron chi connectivity index (χ4n) is 2.38. The van der Waals surface area contributed by atoms with Crippen LogP contribution < -0.4 is 5.32 Å². The Balaban J connectivity index is 1.78. The summed E-state index contributed by atoms with van der Waals surface area (Å²) in [6.07, 6.45) is 2.31. The van der Waals surface area contributed by atoms with Crippen molar-refractivity contribution in [2.45, 2.75) is 19.8 Å². The van der Waals surface area contributed by atoms with Crippen LogP contribution in [0.5, 0.6) is 0 Å². The van der Waals surface area contributed by atoms with E-state index in [9.17, 15) is 4.79 Å². The van der Waals surface area contributed by atoms with E-state index in [1.54, 1.807) is 7.11 Å². The Kier molecular flexibility index (Phi) is 5.24. The second-order valence-corrected chi connectivity index (χ2v) is 6.05. The summed E-state index contributed by atoms with van der Waals surface area (Å²) < 4.78 is 5.19. The molecular formula is C12H20N4O2S. The lowest BCUT2D eigenvalue weighted by molar-refractivity contribution is -0.117. The third-order valence-electron chi connectivity index (χ3n) is 3.15. The van der Waals surface area contributed by atoms with Gasteiger partial charge in [-0.1, -0.05) is 11.3 Å². The summed E-state index contributed by atoms with van der Waals surface area (Å²) in [7, 11) is 1.73. The minimum Gasteiger partial charge on any atom is -0.384 e. The van der Waals surface area contributed by atoms with Gasteiger partial charge >= 0.3 is 0 Å². The Labute approximate surface area is 117 Å². The first-order chi connectivity index (χ1) is 9.17. The number of carbonyl (C=O) groups excluding carboxylic acids is 1. The lowest BCUT2D eigenvalue weighted by atomic mass is 9.99. The van der Waals surface area contributed by atoms with Crippen molar-refractivity contribution < 1.29 is 9.53 Å². The molecule has 0 saturated carbocycles. The van der Waals surface area contributed by atoms with E-state index in [-0.39, 0.29) is 5.91 Å². The first-order valence-electron chi connectivity index (χ1n) is 6.48. The van der Waals surface area contributed by atoms with E-state index in [4.69, 9.17) is 4.74 Å². The number of rotatable bonds is 5. The largest absolute Gasteiger partial charge is 0.384 e. The maximum atomic E-state index is 11.9. The molecule has 1 N–H and O–H groups in total. The molecule has 0 aromatic carbocycles. The number of aryl methyl sites for hydroxylation is 1. The molecule has 2 heterocycles. The van der Waals surface area contributed by atoms with E-state index < -0.39 is 0 Å². The molecule has 1 fully saturated rings. The summed E-state index contributed by atoms with van der Waals surface area (Å²) in [5, 5.41) is 12.0. The zero-order valence-corrected chi connectivity index (χ0v) is 12.2. The lowest BCUT2D eigenvalue weighted by Gasteiger charge is -2.31. The summed E-state index contributed by atoms with van der Waals surface area (Å²) in [6, 6.07) is 0. The SMILES string of the molecule is COCC1CCCN(CC(=O)Nc2nnc(C)s2)C1. The molecule has 0 aliphatic carbocycles. The number of nitrogens with one attached hydrogen (secondary N) is 1. The van der Waals surface area contributed by atoms with Gasteiger partial charge in [0.25, 0.3) is 0 Å². The van der Waals surface area contributed by atoms with Gasteiger partial charge in [0.1, 0.15) is 5.01 Å². The zero-order chi connectivity index (χ0) is 13.7. The molecule has 1 aliphatic heterocycles. The van der Waals surface area contributed by atoms with Crippen molar-refractivity contribution >= 4 is 22.4 Å². The molecule has 1 amide bonds. The van der Waals surface area contributed by atoms with Crippen LogP contribution in [0.3, 0.4) is 0 Å². The summed E-state index contributed by atoms with van der Waals surface area (Å²) in [4.78, 5) is 14.1. The summed E-state index contributed by atoms with van der Waals surface area (Å²) in [5.41, 5.74) is 0. The van der Waals surface area contributed by atoms with Gasteiger partial charge in [-0.25, -0.2) is 0 Å². The topological polar surface area (TPSA) is 67.3 Å². The second kappa shape index (κ2) is 6.93.